The van der Waals surface area contributed by atoms with Crippen LogP contribution in [0, 0.1) is 0 Å². The summed E-state index contributed by atoms with van der Waals surface area (Å²) in [5, 5.41) is 11.6. The molecule has 0 aromatic carbocycles. The molecule has 3 heterocycles. The Bertz CT molecular complexity index is 654. The van der Waals surface area contributed by atoms with Gasteiger partial charge in [-0.3, -0.25) is 4.68 Å². The van der Waals surface area contributed by atoms with Crippen LogP contribution >= 0.6 is 0 Å². The number of rotatable bonds is 4. The van der Waals surface area contributed by atoms with E-state index in [0.29, 0.717) is 0 Å². The Labute approximate surface area is 103 Å². The quantitative estimate of drug-likeness (QED) is 0.723. The van der Waals surface area contributed by atoms with E-state index < -0.39 is 0 Å². The summed E-state index contributed by atoms with van der Waals surface area (Å²) in [4.78, 5) is 8.47. The largest absolute Gasteiger partial charge is 0.368 e. The molecular formula is C11H13N7. The molecule has 18 heavy (non-hydrogen) atoms. The molecule has 92 valence electrons. The number of hydrogen-bond acceptors (Lipinski definition) is 5. The number of aryl methyl sites for hydroxylation is 1. The van der Waals surface area contributed by atoms with E-state index in [-0.39, 0.29) is 0 Å². The van der Waals surface area contributed by atoms with Crippen molar-refractivity contribution in [3.63, 3.8) is 0 Å². The highest BCUT2D eigenvalue weighted by atomic mass is 15.3. The maximum Gasteiger partial charge on any atom is 0.152 e. The van der Waals surface area contributed by atoms with Gasteiger partial charge >= 0.3 is 0 Å². The number of nitrogens with one attached hydrogen (secondary N) is 1. The Morgan fingerprint density at radius 1 is 1.28 bits per heavy atom. The Hall–Kier alpha value is -2.44. The lowest BCUT2D eigenvalue weighted by molar-refractivity contribution is 0.741. The predicted molar refractivity (Wildman–Crippen MR) is 66.2 cm³/mol. The van der Waals surface area contributed by atoms with Crippen molar-refractivity contribution in [2.45, 2.75) is 6.42 Å². The van der Waals surface area contributed by atoms with Crippen molar-refractivity contribution >= 4 is 11.3 Å². The smallest absolute Gasteiger partial charge is 0.152 e. The second-order valence-electron chi connectivity index (χ2n) is 3.95. The SMILES string of the molecule is Cn1cnc(CCNc2nccn3nccc23)n1. The van der Waals surface area contributed by atoms with Crippen LogP contribution in [0.25, 0.3) is 5.52 Å². The molecule has 3 rings (SSSR count). The number of fused-ring (bicyclic) bond motifs is 1. The Balaban J connectivity index is 1.68. The fourth-order valence-corrected chi connectivity index (χ4v) is 1.79. The lowest BCUT2D eigenvalue weighted by Crippen LogP contribution is -2.08. The highest BCUT2D eigenvalue weighted by Crippen LogP contribution is 2.11. The lowest BCUT2D eigenvalue weighted by atomic mass is 10.4. The number of hydrogen-bond donors (Lipinski definition) is 1. The number of nitrogens with zero attached hydrogens (tertiary/aromatic N) is 6. The highest BCUT2D eigenvalue weighted by Gasteiger charge is 2.03. The first-order chi connectivity index (χ1) is 8.83. The predicted octanol–water partition coefficient (Wildman–Crippen LogP) is 0.512. The van der Waals surface area contributed by atoms with E-state index in [1.807, 2.05) is 19.3 Å². The van der Waals surface area contributed by atoms with E-state index in [4.69, 9.17) is 0 Å². The maximum absolute atomic E-state index is 4.30. The van der Waals surface area contributed by atoms with Crippen LogP contribution in [0.2, 0.25) is 0 Å². The average Bonchev–Trinajstić information content (AvgIpc) is 2.98. The summed E-state index contributed by atoms with van der Waals surface area (Å²) in [5.41, 5.74) is 0.964. The molecule has 0 atom stereocenters. The van der Waals surface area contributed by atoms with Gasteiger partial charge in [0, 0.05) is 32.4 Å². The summed E-state index contributed by atoms with van der Waals surface area (Å²) in [5.74, 6) is 1.65. The van der Waals surface area contributed by atoms with E-state index >= 15 is 0 Å². The van der Waals surface area contributed by atoms with Gasteiger partial charge in [-0.2, -0.15) is 10.2 Å². The Morgan fingerprint density at radius 3 is 3.06 bits per heavy atom. The second-order valence-corrected chi connectivity index (χ2v) is 3.95. The third kappa shape index (κ3) is 2.02. The van der Waals surface area contributed by atoms with Gasteiger partial charge in [-0.1, -0.05) is 0 Å². The topological polar surface area (TPSA) is 72.9 Å². The minimum absolute atomic E-state index is 0.738. The van der Waals surface area contributed by atoms with Crippen LogP contribution in [-0.2, 0) is 13.5 Å². The van der Waals surface area contributed by atoms with Gasteiger partial charge in [-0.05, 0) is 6.07 Å². The molecule has 0 fully saturated rings. The molecule has 0 spiro atoms. The van der Waals surface area contributed by atoms with Crippen molar-refractivity contribution in [2.75, 3.05) is 11.9 Å². The monoisotopic (exact) mass is 243 g/mol. The molecule has 0 aliphatic carbocycles. The second kappa shape index (κ2) is 4.44. The van der Waals surface area contributed by atoms with Gasteiger partial charge in [0.2, 0.25) is 0 Å². The highest BCUT2D eigenvalue weighted by molar-refractivity contribution is 5.66. The number of aromatic nitrogens is 6. The van der Waals surface area contributed by atoms with Crippen LogP contribution in [0.15, 0.2) is 31.0 Å². The summed E-state index contributed by atoms with van der Waals surface area (Å²) in [6, 6.07) is 1.92. The van der Waals surface area contributed by atoms with Crippen molar-refractivity contribution in [1.29, 1.82) is 0 Å². The zero-order chi connectivity index (χ0) is 12.4. The first-order valence-electron chi connectivity index (χ1n) is 5.70. The van der Waals surface area contributed by atoms with Crippen LogP contribution in [0.3, 0.4) is 0 Å². The molecule has 0 radical (unpaired) electrons. The van der Waals surface area contributed by atoms with E-state index in [0.717, 1.165) is 30.1 Å². The molecular weight excluding hydrogens is 230 g/mol. The van der Waals surface area contributed by atoms with Gasteiger partial charge in [-0.15, -0.1) is 0 Å². The van der Waals surface area contributed by atoms with Gasteiger partial charge in [0.25, 0.3) is 0 Å². The van der Waals surface area contributed by atoms with Crippen molar-refractivity contribution in [2.24, 2.45) is 7.05 Å². The van der Waals surface area contributed by atoms with Gasteiger partial charge in [-0.25, -0.2) is 14.5 Å². The molecule has 3 aromatic rings. The zero-order valence-corrected chi connectivity index (χ0v) is 9.98. The van der Waals surface area contributed by atoms with Gasteiger partial charge < -0.3 is 5.32 Å². The molecule has 0 saturated heterocycles. The van der Waals surface area contributed by atoms with Crippen LogP contribution in [0.4, 0.5) is 5.82 Å². The molecule has 1 N–H and O–H groups in total. The molecule has 0 aliphatic heterocycles. The average molecular weight is 243 g/mol. The molecule has 0 bridgehead atoms. The van der Waals surface area contributed by atoms with Crippen LogP contribution in [0.5, 0.6) is 0 Å². The van der Waals surface area contributed by atoms with Gasteiger partial charge in [0.15, 0.2) is 11.6 Å². The Kier molecular flexibility index (Phi) is 2.64. The minimum atomic E-state index is 0.738. The van der Waals surface area contributed by atoms with Crippen molar-refractivity contribution in [3.8, 4) is 0 Å². The van der Waals surface area contributed by atoms with Crippen molar-refractivity contribution in [1.82, 2.24) is 29.4 Å². The third-order valence-corrected chi connectivity index (χ3v) is 2.61. The fourth-order valence-electron chi connectivity index (χ4n) is 1.79. The fraction of sp³-hybridized carbons (Fsp3) is 0.273. The normalized spacial score (nSPS) is 10.9. The summed E-state index contributed by atoms with van der Waals surface area (Å²) < 4.78 is 3.49. The standard InChI is InChI=1S/C11H13N7/c1-17-8-14-10(16-17)3-4-12-11-9-2-5-15-18(9)7-6-13-11/h2,5-8H,3-4H2,1H3,(H,12,13). The van der Waals surface area contributed by atoms with Crippen LogP contribution < -0.4 is 5.32 Å². The molecule has 7 heteroatoms. The number of anilines is 1. The molecule has 0 unspecified atom stereocenters. The summed E-state index contributed by atoms with van der Waals surface area (Å²) in [6.07, 6.45) is 7.76. The summed E-state index contributed by atoms with van der Waals surface area (Å²) in [7, 11) is 1.86. The first kappa shape index (κ1) is 10.7. The first-order valence-corrected chi connectivity index (χ1v) is 5.70. The molecule has 0 aliphatic rings. The van der Waals surface area contributed by atoms with Crippen LogP contribution in [0.1, 0.15) is 5.82 Å². The van der Waals surface area contributed by atoms with E-state index in [2.05, 4.69) is 25.5 Å². The van der Waals surface area contributed by atoms with Crippen molar-refractivity contribution < 1.29 is 0 Å². The molecule has 0 amide bonds. The lowest BCUT2D eigenvalue weighted by Gasteiger charge is -2.05. The van der Waals surface area contributed by atoms with E-state index in [1.54, 1.807) is 27.9 Å². The molecule has 0 saturated carbocycles. The van der Waals surface area contributed by atoms with E-state index in [9.17, 15) is 0 Å². The minimum Gasteiger partial charge on any atom is -0.368 e. The Morgan fingerprint density at radius 2 is 2.22 bits per heavy atom. The van der Waals surface area contributed by atoms with Gasteiger partial charge in [0.05, 0.1) is 6.20 Å². The van der Waals surface area contributed by atoms with Crippen LogP contribution in [-0.4, -0.2) is 35.9 Å². The third-order valence-electron chi connectivity index (χ3n) is 2.61. The summed E-state index contributed by atoms with van der Waals surface area (Å²) in [6.45, 7) is 0.738. The molecule has 3 aromatic heterocycles. The summed E-state index contributed by atoms with van der Waals surface area (Å²) >= 11 is 0. The maximum atomic E-state index is 4.30. The molecule has 7 nitrogen and oxygen atoms in total. The van der Waals surface area contributed by atoms with Crippen molar-refractivity contribution in [3.05, 3.63) is 36.8 Å². The zero-order valence-electron chi connectivity index (χ0n) is 9.98. The van der Waals surface area contributed by atoms with E-state index in [1.165, 1.54) is 0 Å². The van der Waals surface area contributed by atoms with Gasteiger partial charge in [0.1, 0.15) is 11.8 Å².